The number of nitrogens with one attached hydrogen (secondary N) is 1. The topological polar surface area (TPSA) is 77.0 Å². The maximum atomic E-state index is 10.5. The van der Waals surface area contributed by atoms with Crippen molar-refractivity contribution in [3.05, 3.63) is 84.4 Å². The summed E-state index contributed by atoms with van der Waals surface area (Å²) in [6.07, 6.45) is 0. The van der Waals surface area contributed by atoms with E-state index >= 15 is 0 Å². The van der Waals surface area contributed by atoms with E-state index in [4.69, 9.17) is 4.98 Å². The van der Waals surface area contributed by atoms with Crippen LogP contribution in [-0.4, -0.2) is 29.7 Å². The highest BCUT2D eigenvalue weighted by Crippen LogP contribution is 2.34. The van der Waals surface area contributed by atoms with Crippen molar-refractivity contribution in [2.24, 2.45) is 10.2 Å². The molecule has 0 spiro atoms. The van der Waals surface area contributed by atoms with Crippen molar-refractivity contribution < 1.29 is 9.67 Å². The smallest absolute Gasteiger partial charge is 0.239 e. The average molecular weight is 506 g/mol. The number of aromatic nitrogens is 2. The number of azo groups is 1. The number of para-hydroxylation sites is 1. The Morgan fingerprint density at radius 3 is 2.26 bits per heavy atom. The minimum atomic E-state index is 0.0898. The lowest BCUT2D eigenvalue weighted by molar-refractivity contribution is -0.538. The minimum absolute atomic E-state index is 0.0898. The summed E-state index contributed by atoms with van der Waals surface area (Å²) >= 11 is 0. The number of aromatic hydroxyl groups is 1. The zero-order valence-corrected chi connectivity index (χ0v) is 22.3. The fourth-order valence-electron chi connectivity index (χ4n) is 4.79. The van der Waals surface area contributed by atoms with Crippen LogP contribution >= 0.6 is 0 Å². The molecule has 0 amide bonds. The molecule has 4 aromatic carbocycles. The lowest BCUT2D eigenvalue weighted by atomic mass is 10.1. The molecule has 192 valence electrons. The summed E-state index contributed by atoms with van der Waals surface area (Å²) in [5.74, 6) is 0.0898. The van der Waals surface area contributed by atoms with E-state index in [0.29, 0.717) is 11.4 Å². The van der Waals surface area contributed by atoms with Gasteiger partial charge in [0.1, 0.15) is 22.5 Å². The highest BCUT2D eigenvalue weighted by atomic mass is 16.3. The molecule has 7 heteroatoms. The van der Waals surface area contributed by atoms with Gasteiger partial charge in [0.2, 0.25) is 16.7 Å². The molecule has 0 saturated heterocycles. The summed E-state index contributed by atoms with van der Waals surface area (Å²) in [4.78, 5) is 7.30. The van der Waals surface area contributed by atoms with Gasteiger partial charge in [0.15, 0.2) is 0 Å². The molecule has 0 atom stereocenters. The van der Waals surface area contributed by atoms with Crippen LogP contribution in [0, 0.1) is 6.92 Å². The van der Waals surface area contributed by atoms with Gasteiger partial charge in [0.05, 0.1) is 5.69 Å². The average Bonchev–Trinajstić information content (AvgIpc) is 2.94. The Kier molecular flexibility index (Phi) is 7.18. The van der Waals surface area contributed by atoms with Crippen LogP contribution in [-0.2, 0) is 0 Å². The highest BCUT2D eigenvalue weighted by molar-refractivity contribution is 5.85. The number of anilines is 2. The number of benzene rings is 4. The SMILES string of the molecule is CCNc1cc(O)c(/N=N/c2ccc3nc4ccc(N(CC)CC)cc4[n+](-c4ccccc4)c3c2)cc1C. The molecule has 0 unspecified atom stereocenters. The van der Waals surface area contributed by atoms with Gasteiger partial charge in [-0.2, -0.15) is 5.11 Å². The molecule has 1 heterocycles. The van der Waals surface area contributed by atoms with Crippen LogP contribution in [0.3, 0.4) is 0 Å². The number of hydrogen-bond donors (Lipinski definition) is 2. The Balaban J connectivity index is 1.66. The van der Waals surface area contributed by atoms with E-state index in [9.17, 15) is 5.11 Å². The first-order chi connectivity index (χ1) is 18.5. The fourth-order valence-corrected chi connectivity index (χ4v) is 4.79. The molecular weight excluding hydrogens is 472 g/mol. The molecule has 0 radical (unpaired) electrons. The first-order valence-electron chi connectivity index (χ1n) is 13.1. The zero-order valence-electron chi connectivity index (χ0n) is 22.3. The molecule has 38 heavy (non-hydrogen) atoms. The number of phenols is 1. The molecule has 2 N–H and O–H groups in total. The second kappa shape index (κ2) is 10.8. The van der Waals surface area contributed by atoms with Crippen molar-refractivity contribution in [2.45, 2.75) is 27.7 Å². The number of aryl methyl sites for hydroxylation is 1. The van der Waals surface area contributed by atoms with Crippen molar-refractivity contribution in [2.75, 3.05) is 29.9 Å². The number of phenolic OH excluding ortho intramolecular Hbond substituents is 1. The van der Waals surface area contributed by atoms with Crippen LogP contribution in [0.4, 0.5) is 22.7 Å². The van der Waals surface area contributed by atoms with Gasteiger partial charge in [-0.1, -0.05) is 18.2 Å². The van der Waals surface area contributed by atoms with E-state index < -0.39 is 0 Å². The van der Waals surface area contributed by atoms with Gasteiger partial charge < -0.3 is 15.3 Å². The lowest BCUT2D eigenvalue weighted by Crippen LogP contribution is -2.33. The minimum Gasteiger partial charge on any atom is -0.506 e. The third-order valence-corrected chi connectivity index (χ3v) is 6.75. The first-order valence-corrected chi connectivity index (χ1v) is 13.1. The van der Waals surface area contributed by atoms with Crippen LogP contribution in [0.5, 0.6) is 5.75 Å². The fraction of sp³-hybridized carbons (Fsp3) is 0.226. The predicted molar refractivity (Wildman–Crippen MR) is 156 cm³/mol. The molecule has 7 nitrogen and oxygen atoms in total. The highest BCUT2D eigenvalue weighted by Gasteiger charge is 2.21. The molecule has 0 saturated carbocycles. The van der Waals surface area contributed by atoms with Gasteiger partial charge in [-0.25, -0.2) is 4.98 Å². The number of rotatable bonds is 8. The van der Waals surface area contributed by atoms with Gasteiger partial charge >= 0.3 is 0 Å². The van der Waals surface area contributed by atoms with Crippen molar-refractivity contribution in [3.8, 4) is 11.4 Å². The Morgan fingerprint density at radius 2 is 1.55 bits per heavy atom. The predicted octanol–water partition coefficient (Wildman–Crippen LogP) is 7.37. The molecule has 5 rings (SSSR count). The second-order valence-corrected chi connectivity index (χ2v) is 9.19. The molecular formula is C31H33N6O+. The van der Waals surface area contributed by atoms with E-state index in [0.717, 1.165) is 64.3 Å². The van der Waals surface area contributed by atoms with Gasteiger partial charge in [-0.15, -0.1) is 9.68 Å². The van der Waals surface area contributed by atoms with Crippen LogP contribution in [0.1, 0.15) is 26.3 Å². The molecule has 0 aliphatic carbocycles. The quantitative estimate of drug-likeness (QED) is 0.131. The van der Waals surface area contributed by atoms with Crippen LogP contribution in [0.2, 0.25) is 0 Å². The van der Waals surface area contributed by atoms with Crippen molar-refractivity contribution in [3.63, 3.8) is 0 Å². The normalized spacial score (nSPS) is 11.5. The van der Waals surface area contributed by atoms with Crippen LogP contribution in [0.25, 0.3) is 27.8 Å². The van der Waals surface area contributed by atoms with Crippen molar-refractivity contribution in [1.29, 1.82) is 0 Å². The Labute approximate surface area is 223 Å². The Morgan fingerprint density at radius 1 is 0.842 bits per heavy atom. The largest absolute Gasteiger partial charge is 0.506 e. The van der Waals surface area contributed by atoms with E-state index in [1.54, 1.807) is 6.07 Å². The summed E-state index contributed by atoms with van der Waals surface area (Å²) in [7, 11) is 0. The second-order valence-electron chi connectivity index (χ2n) is 9.19. The summed E-state index contributed by atoms with van der Waals surface area (Å²) in [6, 6.07) is 26.2. The van der Waals surface area contributed by atoms with Gasteiger partial charge in [-0.05, 0) is 63.6 Å². The maximum absolute atomic E-state index is 10.5. The Bertz CT molecular complexity index is 1630. The number of fused-ring (bicyclic) bond motifs is 2. The van der Waals surface area contributed by atoms with Gasteiger partial charge in [-0.3, -0.25) is 0 Å². The van der Waals surface area contributed by atoms with Gasteiger partial charge in [0.25, 0.3) is 0 Å². The summed E-state index contributed by atoms with van der Waals surface area (Å²) in [5, 5.41) is 22.6. The van der Waals surface area contributed by atoms with Crippen molar-refractivity contribution >= 4 is 44.8 Å². The molecule has 5 aromatic rings. The summed E-state index contributed by atoms with van der Waals surface area (Å²) in [6.45, 7) is 11.0. The van der Waals surface area contributed by atoms with Gasteiger partial charge in [0, 0.05) is 61.3 Å². The van der Waals surface area contributed by atoms with E-state index in [2.05, 4.69) is 69.2 Å². The summed E-state index contributed by atoms with van der Waals surface area (Å²) in [5.41, 5.74) is 8.95. The summed E-state index contributed by atoms with van der Waals surface area (Å²) < 4.78 is 2.23. The van der Waals surface area contributed by atoms with Crippen LogP contribution in [0.15, 0.2) is 89.1 Å². The third-order valence-electron chi connectivity index (χ3n) is 6.75. The Hall–Kier alpha value is -4.52. The third kappa shape index (κ3) is 4.87. The van der Waals surface area contributed by atoms with E-state index in [1.807, 2.05) is 56.3 Å². The van der Waals surface area contributed by atoms with Crippen molar-refractivity contribution in [1.82, 2.24) is 4.98 Å². The molecule has 0 aliphatic rings. The standard InChI is InChI=1S/C31H32N6O/c1-5-32-27-20-31(38)28(17-21(27)4)35-34-22-13-15-25-29(18-22)37(23-11-9-8-10-12-23)30-19-24(36(6-2)7-3)14-16-26(30)33-25/h8-20H,5-7H2,1-4H3,(H,32,38)/p+1. The lowest BCUT2D eigenvalue weighted by Gasteiger charge is -2.20. The monoisotopic (exact) mass is 505 g/mol. The molecule has 1 aromatic heterocycles. The number of hydrogen-bond acceptors (Lipinski definition) is 6. The van der Waals surface area contributed by atoms with E-state index in [1.165, 1.54) is 0 Å². The number of nitrogens with zero attached hydrogens (tertiary/aromatic N) is 5. The molecule has 0 aliphatic heterocycles. The zero-order chi connectivity index (χ0) is 26.6. The van der Waals surface area contributed by atoms with Crippen LogP contribution < -0.4 is 14.8 Å². The maximum Gasteiger partial charge on any atom is 0.239 e. The molecule has 0 fully saturated rings. The molecule has 0 bridgehead atoms. The van der Waals surface area contributed by atoms with E-state index in [-0.39, 0.29) is 5.75 Å². The first kappa shape index (κ1) is 25.1.